The number of rotatable bonds is 0. The van der Waals surface area contributed by atoms with Crippen LogP contribution in [0.5, 0.6) is 0 Å². The summed E-state index contributed by atoms with van der Waals surface area (Å²) in [5, 5.41) is 6.55. The van der Waals surface area contributed by atoms with E-state index in [-0.39, 0.29) is 0 Å². The van der Waals surface area contributed by atoms with Gasteiger partial charge < -0.3 is 16.4 Å². The van der Waals surface area contributed by atoms with E-state index in [1.54, 1.807) is 0 Å². The second-order valence-electron chi connectivity index (χ2n) is 3.23. The van der Waals surface area contributed by atoms with Gasteiger partial charge in [0.15, 0.2) is 5.96 Å². The second kappa shape index (κ2) is 2.70. The molecule has 0 aliphatic carbocycles. The minimum Gasteiger partial charge on any atom is -0.370 e. The lowest BCUT2D eigenvalue weighted by atomic mass is 9.92. The van der Waals surface area contributed by atoms with Crippen LogP contribution in [0, 0.1) is 5.92 Å². The summed E-state index contributed by atoms with van der Waals surface area (Å²) >= 11 is 0. The molecule has 1 fully saturated rings. The van der Waals surface area contributed by atoms with Gasteiger partial charge in [0.1, 0.15) is 0 Å². The lowest BCUT2D eigenvalue weighted by Crippen LogP contribution is -2.55. The van der Waals surface area contributed by atoms with Crippen LogP contribution in [0.15, 0.2) is 4.99 Å². The highest BCUT2D eigenvalue weighted by Crippen LogP contribution is 2.14. The summed E-state index contributed by atoms with van der Waals surface area (Å²) in [6.07, 6.45) is 1.17. The number of piperidine rings is 1. The molecule has 0 bridgehead atoms. The van der Waals surface area contributed by atoms with Crippen LogP contribution >= 0.6 is 0 Å². The quantitative estimate of drug-likeness (QED) is 0.414. The van der Waals surface area contributed by atoms with Crippen LogP contribution in [-0.4, -0.2) is 31.6 Å². The Balaban J connectivity index is 2.04. The summed E-state index contributed by atoms with van der Waals surface area (Å²) in [7, 11) is 0. The first-order valence-corrected chi connectivity index (χ1v) is 4.13. The summed E-state index contributed by atoms with van der Waals surface area (Å²) in [5.41, 5.74) is 5.56. The fourth-order valence-electron chi connectivity index (χ4n) is 1.76. The maximum atomic E-state index is 5.56. The first-order valence-electron chi connectivity index (χ1n) is 4.13. The predicted octanol–water partition coefficient (Wildman–Crippen LogP) is -1.12. The summed E-state index contributed by atoms with van der Waals surface area (Å²) in [6, 6.07) is 0.564. The summed E-state index contributed by atoms with van der Waals surface area (Å²) in [5.74, 6) is 1.27. The minimum atomic E-state index is 0.564. The van der Waals surface area contributed by atoms with Gasteiger partial charge >= 0.3 is 0 Å². The molecule has 4 nitrogen and oxygen atoms in total. The summed E-state index contributed by atoms with van der Waals surface area (Å²) in [4.78, 5) is 4.16. The standard InChI is InChI=1S/C7H14N4/c8-7-10-4-5-3-9-2-1-6(5)11-7/h5-6,9H,1-4H2,(H3,8,10,11). The molecule has 2 rings (SSSR count). The van der Waals surface area contributed by atoms with Crippen molar-refractivity contribution in [2.75, 3.05) is 19.6 Å². The highest BCUT2D eigenvalue weighted by atomic mass is 15.2. The van der Waals surface area contributed by atoms with Crippen LogP contribution in [0.3, 0.4) is 0 Å². The zero-order valence-electron chi connectivity index (χ0n) is 6.51. The number of hydrogen-bond acceptors (Lipinski definition) is 4. The molecule has 0 aromatic heterocycles. The molecule has 0 spiro atoms. The van der Waals surface area contributed by atoms with E-state index in [0.29, 0.717) is 17.9 Å². The van der Waals surface area contributed by atoms with Crippen molar-refractivity contribution in [3.8, 4) is 0 Å². The average Bonchev–Trinajstić information content (AvgIpc) is 2.04. The average molecular weight is 154 g/mol. The summed E-state index contributed by atoms with van der Waals surface area (Å²) < 4.78 is 0. The molecular weight excluding hydrogens is 140 g/mol. The van der Waals surface area contributed by atoms with Gasteiger partial charge in [-0.05, 0) is 13.0 Å². The van der Waals surface area contributed by atoms with Crippen molar-refractivity contribution in [2.24, 2.45) is 16.6 Å². The van der Waals surface area contributed by atoms with Crippen molar-refractivity contribution < 1.29 is 0 Å². The van der Waals surface area contributed by atoms with Gasteiger partial charge in [-0.15, -0.1) is 0 Å². The third-order valence-electron chi connectivity index (χ3n) is 2.44. The second-order valence-corrected chi connectivity index (χ2v) is 3.23. The lowest BCUT2D eigenvalue weighted by molar-refractivity contribution is 0.300. The monoisotopic (exact) mass is 154 g/mol. The molecule has 1 saturated heterocycles. The van der Waals surface area contributed by atoms with Crippen molar-refractivity contribution in [1.29, 1.82) is 0 Å². The summed E-state index contributed by atoms with van der Waals surface area (Å²) in [6.45, 7) is 3.06. The van der Waals surface area contributed by atoms with E-state index in [0.717, 1.165) is 19.6 Å². The van der Waals surface area contributed by atoms with Crippen LogP contribution in [0.2, 0.25) is 0 Å². The fourth-order valence-corrected chi connectivity index (χ4v) is 1.76. The zero-order chi connectivity index (χ0) is 7.68. The lowest BCUT2D eigenvalue weighted by Gasteiger charge is -2.35. The smallest absolute Gasteiger partial charge is 0.188 e. The molecule has 11 heavy (non-hydrogen) atoms. The molecule has 2 aliphatic heterocycles. The Labute approximate surface area is 66.3 Å². The van der Waals surface area contributed by atoms with E-state index in [2.05, 4.69) is 15.6 Å². The predicted molar refractivity (Wildman–Crippen MR) is 44.4 cm³/mol. The van der Waals surface area contributed by atoms with Gasteiger partial charge in [-0.25, -0.2) is 0 Å². The van der Waals surface area contributed by atoms with Crippen molar-refractivity contribution in [3.63, 3.8) is 0 Å². The molecule has 0 aromatic rings. The van der Waals surface area contributed by atoms with Crippen molar-refractivity contribution >= 4 is 5.96 Å². The molecule has 2 unspecified atom stereocenters. The fraction of sp³-hybridized carbons (Fsp3) is 0.857. The number of fused-ring (bicyclic) bond motifs is 1. The van der Waals surface area contributed by atoms with Crippen LogP contribution in [0.4, 0.5) is 0 Å². The number of nitrogens with two attached hydrogens (primary N) is 1. The van der Waals surface area contributed by atoms with E-state index >= 15 is 0 Å². The molecule has 2 aliphatic rings. The molecule has 62 valence electrons. The Kier molecular flexibility index (Phi) is 1.69. The Morgan fingerprint density at radius 1 is 1.55 bits per heavy atom. The van der Waals surface area contributed by atoms with Crippen LogP contribution < -0.4 is 16.4 Å². The molecule has 0 amide bonds. The normalized spacial score (nSPS) is 36.9. The van der Waals surface area contributed by atoms with Gasteiger partial charge in [0.2, 0.25) is 0 Å². The Morgan fingerprint density at radius 2 is 2.45 bits per heavy atom. The number of hydrogen-bond donors (Lipinski definition) is 3. The number of guanidine groups is 1. The van der Waals surface area contributed by atoms with E-state index in [4.69, 9.17) is 5.73 Å². The molecule has 4 heteroatoms. The number of aliphatic imine (C=N–C) groups is 1. The first-order chi connectivity index (χ1) is 5.36. The SMILES string of the molecule is NC1=NCC2CNCCC2N1. The van der Waals surface area contributed by atoms with Gasteiger partial charge in [0.05, 0.1) is 0 Å². The Bertz CT molecular complexity index is 177. The molecule has 2 heterocycles. The zero-order valence-corrected chi connectivity index (χ0v) is 6.51. The number of nitrogens with one attached hydrogen (secondary N) is 2. The third-order valence-corrected chi connectivity index (χ3v) is 2.44. The van der Waals surface area contributed by atoms with Gasteiger partial charge in [0.25, 0.3) is 0 Å². The van der Waals surface area contributed by atoms with Crippen LogP contribution in [0.25, 0.3) is 0 Å². The topological polar surface area (TPSA) is 62.4 Å². The Morgan fingerprint density at radius 3 is 3.36 bits per heavy atom. The van der Waals surface area contributed by atoms with Gasteiger partial charge in [-0.1, -0.05) is 0 Å². The molecule has 2 atom stereocenters. The van der Waals surface area contributed by atoms with Gasteiger partial charge in [-0.3, -0.25) is 4.99 Å². The number of nitrogens with zero attached hydrogens (tertiary/aromatic N) is 1. The van der Waals surface area contributed by atoms with Crippen LogP contribution in [-0.2, 0) is 0 Å². The van der Waals surface area contributed by atoms with Crippen molar-refractivity contribution in [3.05, 3.63) is 0 Å². The van der Waals surface area contributed by atoms with E-state index < -0.39 is 0 Å². The highest BCUT2D eigenvalue weighted by Gasteiger charge is 2.27. The molecule has 0 radical (unpaired) electrons. The Hall–Kier alpha value is -0.770. The van der Waals surface area contributed by atoms with Crippen molar-refractivity contribution in [1.82, 2.24) is 10.6 Å². The van der Waals surface area contributed by atoms with Gasteiger partial charge in [-0.2, -0.15) is 0 Å². The molecular formula is C7H14N4. The van der Waals surface area contributed by atoms with E-state index in [1.807, 2.05) is 0 Å². The maximum Gasteiger partial charge on any atom is 0.188 e. The third kappa shape index (κ3) is 1.30. The largest absolute Gasteiger partial charge is 0.370 e. The highest BCUT2D eigenvalue weighted by molar-refractivity contribution is 5.78. The van der Waals surface area contributed by atoms with Crippen LogP contribution in [0.1, 0.15) is 6.42 Å². The van der Waals surface area contributed by atoms with E-state index in [9.17, 15) is 0 Å². The minimum absolute atomic E-state index is 0.564. The van der Waals surface area contributed by atoms with Crippen molar-refractivity contribution in [2.45, 2.75) is 12.5 Å². The van der Waals surface area contributed by atoms with Gasteiger partial charge in [0, 0.05) is 25.0 Å². The first kappa shape index (κ1) is 6.91. The molecule has 0 saturated carbocycles. The molecule has 0 aromatic carbocycles. The maximum absolute atomic E-state index is 5.56. The van der Waals surface area contributed by atoms with E-state index in [1.165, 1.54) is 6.42 Å². The molecule has 4 N–H and O–H groups in total.